The molecular formula is C12H13BrN2O4. The van der Waals surface area contributed by atoms with Crippen molar-refractivity contribution >= 4 is 27.8 Å². The highest BCUT2D eigenvalue weighted by molar-refractivity contribution is 9.10. The second-order valence-electron chi connectivity index (χ2n) is 4.48. The second-order valence-corrected chi connectivity index (χ2v) is 5.33. The van der Waals surface area contributed by atoms with Gasteiger partial charge < -0.3 is 15.0 Å². The maximum Gasteiger partial charge on any atom is 0.326 e. The molecule has 0 spiro atoms. The van der Waals surface area contributed by atoms with Crippen LogP contribution in [0.1, 0.15) is 28.9 Å². The van der Waals surface area contributed by atoms with Crippen LogP contribution >= 0.6 is 15.9 Å². The highest BCUT2D eigenvalue weighted by Crippen LogP contribution is 2.21. The number of nitrogens with one attached hydrogen (secondary N) is 1. The molecule has 1 amide bonds. The Balaban J connectivity index is 2.37. The molecule has 7 heteroatoms. The smallest absolute Gasteiger partial charge is 0.326 e. The van der Waals surface area contributed by atoms with E-state index in [1.54, 1.807) is 6.92 Å². The fourth-order valence-corrected chi connectivity index (χ4v) is 2.51. The largest absolute Gasteiger partial charge is 0.480 e. The molecule has 0 radical (unpaired) electrons. The summed E-state index contributed by atoms with van der Waals surface area (Å²) in [6.07, 6.45) is 1.06. The van der Waals surface area contributed by atoms with Gasteiger partial charge >= 0.3 is 5.97 Å². The van der Waals surface area contributed by atoms with Crippen molar-refractivity contribution in [2.24, 2.45) is 0 Å². The molecule has 1 aromatic heterocycles. The van der Waals surface area contributed by atoms with Gasteiger partial charge in [-0.3, -0.25) is 9.59 Å². The third-order valence-corrected chi connectivity index (χ3v) is 4.03. The van der Waals surface area contributed by atoms with E-state index in [1.165, 1.54) is 11.0 Å². The van der Waals surface area contributed by atoms with Crippen molar-refractivity contribution in [1.29, 1.82) is 0 Å². The number of likely N-dealkylation sites (tertiary alicyclic amines) is 1. The molecule has 1 aromatic rings. The van der Waals surface area contributed by atoms with Crippen molar-refractivity contribution in [3.8, 4) is 0 Å². The van der Waals surface area contributed by atoms with Gasteiger partial charge in [0.1, 0.15) is 11.6 Å². The van der Waals surface area contributed by atoms with Crippen LogP contribution < -0.4 is 5.56 Å². The number of carbonyl (C=O) groups is 2. The Morgan fingerprint density at radius 1 is 1.53 bits per heavy atom. The summed E-state index contributed by atoms with van der Waals surface area (Å²) < 4.78 is 0.613. The maximum absolute atomic E-state index is 12.3. The third-order valence-electron chi connectivity index (χ3n) is 3.20. The van der Waals surface area contributed by atoms with Gasteiger partial charge in [-0.1, -0.05) is 0 Å². The highest BCUT2D eigenvalue weighted by atomic mass is 79.9. The Morgan fingerprint density at radius 2 is 2.21 bits per heavy atom. The first kappa shape index (κ1) is 13.8. The fraction of sp³-hybridized carbons (Fsp3) is 0.417. The summed E-state index contributed by atoms with van der Waals surface area (Å²) in [5, 5.41) is 9.06. The molecule has 0 aromatic carbocycles. The lowest BCUT2D eigenvalue weighted by atomic mass is 10.2. The Bertz CT molecular complexity index is 596. The molecule has 1 saturated heterocycles. The first-order valence-electron chi connectivity index (χ1n) is 5.85. The van der Waals surface area contributed by atoms with E-state index in [4.69, 9.17) is 5.11 Å². The fourth-order valence-electron chi connectivity index (χ4n) is 2.18. The van der Waals surface area contributed by atoms with Crippen LogP contribution in [-0.2, 0) is 4.79 Å². The summed E-state index contributed by atoms with van der Waals surface area (Å²) in [4.78, 5) is 38.9. The van der Waals surface area contributed by atoms with Crippen LogP contribution in [0.3, 0.4) is 0 Å². The molecule has 1 atom stereocenters. The van der Waals surface area contributed by atoms with Crippen LogP contribution in [0.4, 0.5) is 0 Å². The van der Waals surface area contributed by atoms with Crippen molar-refractivity contribution in [2.75, 3.05) is 6.54 Å². The molecule has 0 saturated carbocycles. The quantitative estimate of drug-likeness (QED) is 0.851. The average molecular weight is 329 g/mol. The number of carbonyl (C=O) groups excluding carboxylic acids is 1. The van der Waals surface area contributed by atoms with E-state index in [-0.39, 0.29) is 5.56 Å². The topological polar surface area (TPSA) is 90.5 Å². The molecule has 2 heterocycles. The Labute approximate surface area is 117 Å². The molecule has 6 nitrogen and oxygen atoms in total. The van der Waals surface area contributed by atoms with Crippen molar-refractivity contribution in [3.05, 3.63) is 32.2 Å². The Kier molecular flexibility index (Phi) is 3.75. The number of rotatable bonds is 2. The van der Waals surface area contributed by atoms with Crippen molar-refractivity contribution in [1.82, 2.24) is 9.88 Å². The molecule has 0 unspecified atom stereocenters. The lowest BCUT2D eigenvalue weighted by Gasteiger charge is -2.21. The number of carboxylic acids is 1. The SMILES string of the molecule is Cc1[nH]c(=O)c(C(=O)N2CCC[C@H]2C(=O)O)cc1Br. The predicted octanol–water partition coefficient (Wildman–Crippen LogP) is 1.14. The molecule has 19 heavy (non-hydrogen) atoms. The van der Waals surface area contributed by atoms with Gasteiger partial charge in [0.05, 0.1) is 0 Å². The van der Waals surface area contributed by atoms with Crippen LogP contribution in [0.2, 0.25) is 0 Å². The van der Waals surface area contributed by atoms with E-state index in [0.29, 0.717) is 29.6 Å². The number of halogens is 1. The zero-order chi connectivity index (χ0) is 14.2. The van der Waals surface area contributed by atoms with Gasteiger partial charge in [0, 0.05) is 16.7 Å². The summed E-state index contributed by atoms with van der Waals surface area (Å²) in [5.74, 6) is -1.57. The average Bonchev–Trinajstić information content (AvgIpc) is 2.82. The number of carboxylic acid groups (broad SMARTS) is 1. The van der Waals surface area contributed by atoms with Gasteiger partial charge in [0.15, 0.2) is 0 Å². The first-order chi connectivity index (χ1) is 8.91. The van der Waals surface area contributed by atoms with Gasteiger partial charge in [-0.25, -0.2) is 4.79 Å². The van der Waals surface area contributed by atoms with Gasteiger partial charge in [0.2, 0.25) is 0 Å². The molecule has 102 valence electrons. The standard InChI is InChI=1S/C12H13BrN2O4/c1-6-8(13)5-7(10(16)14-6)11(17)15-4-2-3-9(15)12(18)19/h5,9H,2-4H2,1H3,(H,14,16)(H,18,19)/t9-/m0/s1. The molecule has 0 bridgehead atoms. The van der Waals surface area contributed by atoms with Gasteiger partial charge in [-0.05, 0) is 41.8 Å². The van der Waals surface area contributed by atoms with Crippen LogP contribution in [0.25, 0.3) is 0 Å². The molecule has 2 rings (SSSR count). The van der Waals surface area contributed by atoms with Gasteiger partial charge in [-0.15, -0.1) is 0 Å². The van der Waals surface area contributed by atoms with Crippen LogP contribution in [0.5, 0.6) is 0 Å². The van der Waals surface area contributed by atoms with E-state index in [2.05, 4.69) is 20.9 Å². The normalized spacial score (nSPS) is 18.6. The van der Waals surface area contributed by atoms with Crippen LogP contribution in [0.15, 0.2) is 15.3 Å². The minimum Gasteiger partial charge on any atom is -0.480 e. The maximum atomic E-state index is 12.3. The van der Waals surface area contributed by atoms with Crippen LogP contribution in [0, 0.1) is 6.92 Å². The summed E-state index contributed by atoms with van der Waals surface area (Å²) in [7, 11) is 0. The number of aromatic nitrogens is 1. The molecule has 1 fully saturated rings. The van der Waals surface area contributed by atoms with Crippen LogP contribution in [-0.4, -0.2) is 39.5 Å². The van der Waals surface area contributed by atoms with Crippen molar-refractivity contribution in [2.45, 2.75) is 25.8 Å². The highest BCUT2D eigenvalue weighted by Gasteiger charge is 2.35. The molecule has 0 aliphatic carbocycles. The van der Waals surface area contributed by atoms with Gasteiger partial charge in [0.25, 0.3) is 11.5 Å². The monoisotopic (exact) mass is 328 g/mol. The number of nitrogens with zero attached hydrogens (tertiary/aromatic N) is 1. The second kappa shape index (κ2) is 5.16. The number of pyridine rings is 1. The number of amides is 1. The lowest BCUT2D eigenvalue weighted by molar-refractivity contribution is -0.141. The molecule has 1 aliphatic rings. The number of aryl methyl sites for hydroxylation is 1. The predicted molar refractivity (Wildman–Crippen MR) is 71.2 cm³/mol. The molecule has 2 N–H and O–H groups in total. The van der Waals surface area contributed by atoms with E-state index < -0.39 is 23.5 Å². The zero-order valence-electron chi connectivity index (χ0n) is 10.3. The number of aromatic amines is 1. The Hall–Kier alpha value is -1.63. The Morgan fingerprint density at radius 3 is 2.84 bits per heavy atom. The summed E-state index contributed by atoms with van der Waals surface area (Å²) in [6, 6.07) is 0.597. The van der Waals surface area contributed by atoms with Gasteiger partial charge in [-0.2, -0.15) is 0 Å². The number of aliphatic carboxylic acids is 1. The minimum atomic E-state index is -1.03. The third kappa shape index (κ3) is 2.56. The lowest BCUT2D eigenvalue weighted by Crippen LogP contribution is -2.42. The molecular weight excluding hydrogens is 316 g/mol. The number of hydrogen-bond donors (Lipinski definition) is 2. The van der Waals surface area contributed by atoms with E-state index in [0.717, 1.165) is 0 Å². The van der Waals surface area contributed by atoms with E-state index in [9.17, 15) is 14.4 Å². The minimum absolute atomic E-state index is 0.0365. The van der Waals surface area contributed by atoms with E-state index in [1.807, 2.05) is 0 Å². The summed E-state index contributed by atoms with van der Waals surface area (Å²) >= 11 is 3.24. The molecule has 1 aliphatic heterocycles. The van der Waals surface area contributed by atoms with E-state index >= 15 is 0 Å². The summed E-state index contributed by atoms with van der Waals surface area (Å²) in [5.41, 5.74) is 0.0881. The van der Waals surface area contributed by atoms with Crippen molar-refractivity contribution < 1.29 is 14.7 Å². The number of hydrogen-bond acceptors (Lipinski definition) is 3. The summed E-state index contributed by atoms with van der Waals surface area (Å²) in [6.45, 7) is 2.07. The van der Waals surface area contributed by atoms with Crippen molar-refractivity contribution in [3.63, 3.8) is 0 Å². The zero-order valence-corrected chi connectivity index (χ0v) is 11.9. The first-order valence-corrected chi connectivity index (χ1v) is 6.64. The number of H-pyrrole nitrogens is 1.